The Balaban J connectivity index is 2.01. The van der Waals surface area contributed by atoms with E-state index in [0.717, 1.165) is 25.0 Å². The van der Waals surface area contributed by atoms with Crippen LogP contribution in [0.3, 0.4) is 0 Å². The lowest BCUT2D eigenvalue weighted by molar-refractivity contribution is 0.0143. The second-order valence-electron chi connectivity index (χ2n) is 4.58. The molecule has 0 fully saturated rings. The fourth-order valence-corrected chi connectivity index (χ4v) is 1.53. The van der Waals surface area contributed by atoms with Crippen molar-refractivity contribution in [2.24, 2.45) is 0 Å². The molecule has 4 nitrogen and oxygen atoms in total. The molecule has 0 aliphatic carbocycles. The number of carbonyl (C=O) groups is 1. The predicted molar refractivity (Wildman–Crippen MR) is 78.0 cm³/mol. The van der Waals surface area contributed by atoms with Crippen LogP contribution in [0.2, 0.25) is 0 Å². The van der Waals surface area contributed by atoms with Crippen LogP contribution >= 0.6 is 0 Å². The van der Waals surface area contributed by atoms with Gasteiger partial charge >= 0.3 is 5.97 Å². The normalized spacial score (nSPS) is 10.5. The minimum absolute atomic E-state index is 0.266. The van der Waals surface area contributed by atoms with Crippen molar-refractivity contribution in [3.8, 4) is 0 Å². The summed E-state index contributed by atoms with van der Waals surface area (Å²) < 4.78 is 15.8. The first-order valence-electron chi connectivity index (χ1n) is 7.13. The van der Waals surface area contributed by atoms with Crippen LogP contribution in [-0.4, -0.2) is 39.0 Å². The highest BCUT2D eigenvalue weighted by Gasteiger charge is 2.05. The van der Waals surface area contributed by atoms with Crippen LogP contribution in [0.25, 0.3) is 0 Å². The molecular weight excluding hydrogens is 256 g/mol. The van der Waals surface area contributed by atoms with Crippen molar-refractivity contribution in [2.45, 2.75) is 26.7 Å². The zero-order valence-corrected chi connectivity index (χ0v) is 12.4. The SMILES string of the molecule is CCCCOCCOCCOC(=O)c1ccc(C)cc1. The summed E-state index contributed by atoms with van der Waals surface area (Å²) in [6, 6.07) is 7.31. The Labute approximate surface area is 121 Å². The molecule has 0 amide bonds. The van der Waals surface area contributed by atoms with E-state index in [9.17, 15) is 4.79 Å². The van der Waals surface area contributed by atoms with Crippen LogP contribution in [0.5, 0.6) is 0 Å². The molecule has 0 heterocycles. The van der Waals surface area contributed by atoms with E-state index in [2.05, 4.69) is 6.92 Å². The van der Waals surface area contributed by atoms with Gasteiger partial charge in [0.2, 0.25) is 0 Å². The summed E-state index contributed by atoms with van der Waals surface area (Å²) in [5, 5.41) is 0. The first-order chi connectivity index (χ1) is 9.74. The molecule has 0 aliphatic heterocycles. The molecule has 0 saturated heterocycles. The number of ether oxygens (including phenoxy) is 3. The number of hydrogen-bond acceptors (Lipinski definition) is 4. The fraction of sp³-hybridized carbons (Fsp3) is 0.562. The molecule has 1 rings (SSSR count). The summed E-state index contributed by atoms with van der Waals surface area (Å²) in [4.78, 5) is 11.7. The Hall–Kier alpha value is -1.39. The van der Waals surface area contributed by atoms with Crippen LogP contribution in [0.15, 0.2) is 24.3 Å². The van der Waals surface area contributed by atoms with Gasteiger partial charge in [0.15, 0.2) is 0 Å². The van der Waals surface area contributed by atoms with Gasteiger partial charge in [-0.1, -0.05) is 31.0 Å². The lowest BCUT2D eigenvalue weighted by Gasteiger charge is -2.07. The van der Waals surface area contributed by atoms with E-state index in [1.165, 1.54) is 0 Å². The highest BCUT2D eigenvalue weighted by atomic mass is 16.6. The molecule has 0 aliphatic rings. The van der Waals surface area contributed by atoms with E-state index >= 15 is 0 Å². The van der Waals surface area contributed by atoms with Gasteiger partial charge in [-0.25, -0.2) is 4.79 Å². The molecule has 0 N–H and O–H groups in total. The molecule has 0 saturated carbocycles. The Bertz CT molecular complexity index is 373. The van der Waals surface area contributed by atoms with Crippen molar-refractivity contribution in [3.05, 3.63) is 35.4 Å². The number of hydrogen-bond donors (Lipinski definition) is 0. The first-order valence-corrected chi connectivity index (χ1v) is 7.13. The van der Waals surface area contributed by atoms with E-state index in [1.807, 2.05) is 19.1 Å². The van der Waals surface area contributed by atoms with Gasteiger partial charge in [0.05, 0.1) is 25.4 Å². The fourth-order valence-electron chi connectivity index (χ4n) is 1.53. The van der Waals surface area contributed by atoms with E-state index in [4.69, 9.17) is 14.2 Å². The molecule has 112 valence electrons. The maximum absolute atomic E-state index is 11.7. The number of rotatable bonds is 10. The zero-order chi connectivity index (χ0) is 14.6. The largest absolute Gasteiger partial charge is 0.460 e. The molecule has 0 radical (unpaired) electrons. The third-order valence-corrected chi connectivity index (χ3v) is 2.76. The van der Waals surface area contributed by atoms with Gasteiger partial charge in [0.1, 0.15) is 6.61 Å². The van der Waals surface area contributed by atoms with Gasteiger partial charge in [-0.15, -0.1) is 0 Å². The molecular formula is C16H24O4. The van der Waals surface area contributed by atoms with Crippen LogP contribution in [0.1, 0.15) is 35.7 Å². The van der Waals surface area contributed by atoms with Gasteiger partial charge in [0.25, 0.3) is 0 Å². The van der Waals surface area contributed by atoms with Crippen molar-refractivity contribution < 1.29 is 19.0 Å². The number of esters is 1. The average molecular weight is 280 g/mol. The minimum Gasteiger partial charge on any atom is -0.460 e. The number of aryl methyl sites for hydroxylation is 1. The number of carbonyl (C=O) groups excluding carboxylic acids is 1. The summed E-state index contributed by atoms with van der Waals surface area (Å²) in [5.41, 5.74) is 1.69. The zero-order valence-electron chi connectivity index (χ0n) is 12.4. The second kappa shape index (κ2) is 10.4. The first kappa shape index (κ1) is 16.7. The van der Waals surface area contributed by atoms with Gasteiger partial charge in [-0.3, -0.25) is 0 Å². The third-order valence-electron chi connectivity index (χ3n) is 2.76. The highest BCUT2D eigenvalue weighted by molar-refractivity contribution is 5.89. The Morgan fingerprint density at radius 1 is 0.950 bits per heavy atom. The summed E-state index contributed by atoms with van der Waals surface area (Å²) in [7, 11) is 0. The van der Waals surface area contributed by atoms with Crippen LogP contribution in [0, 0.1) is 6.92 Å². The Morgan fingerprint density at radius 2 is 1.55 bits per heavy atom. The van der Waals surface area contributed by atoms with Crippen molar-refractivity contribution in [3.63, 3.8) is 0 Å². The lowest BCUT2D eigenvalue weighted by Crippen LogP contribution is -2.13. The summed E-state index contributed by atoms with van der Waals surface area (Å²) in [6.07, 6.45) is 2.21. The topological polar surface area (TPSA) is 44.8 Å². The Kier molecular flexibility index (Phi) is 8.67. The van der Waals surface area contributed by atoms with Gasteiger partial charge in [0, 0.05) is 6.61 Å². The lowest BCUT2D eigenvalue weighted by atomic mass is 10.1. The molecule has 0 unspecified atom stereocenters. The summed E-state index contributed by atoms with van der Waals surface area (Å²) in [5.74, 6) is -0.312. The van der Waals surface area contributed by atoms with Crippen LogP contribution in [-0.2, 0) is 14.2 Å². The summed E-state index contributed by atoms with van der Waals surface area (Å²) in [6.45, 7) is 6.67. The Morgan fingerprint density at radius 3 is 2.20 bits per heavy atom. The van der Waals surface area contributed by atoms with Crippen LogP contribution in [0.4, 0.5) is 0 Å². The number of unbranched alkanes of at least 4 members (excludes halogenated alkanes) is 1. The van der Waals surface area contributed by atoms with Crippen molar-refractivity contribution in [1.82, 2.24) is 0 Å². The molecule has 0 aromatic heterocycles. The maximum Gasteiger partial charge on any atom is 0.338 e. The smallest absolute Gasteiger partial charge is 0.338 e. The third kappa shape index (κ3) is 7.26. The van der Waals surface area contributed by atoms with Crippen LogP contribution < -0.4 is 0 Å². The predicted octanol–water partition coefficient (Wildman–Crippen LogP) is 2.99. The highest BCUT2D eigenvalue weighted by Crippen LogP contribution is 2.04. The molecule has 1 aromatic carbocycles. The van der Waals surface area contributed by atoms with E-state index in [-0.39, 0.29) is 12.6 Å². The molecule has 20 heavy (non-hydrogen) atoms. The van der Waals surface area contributed by atoms with Crippen molar-refractivity contribution >= 4 is 5.97 Å². The maximum atomic E-state index is 11.7. The van der Waals surface area contributed by atoms with Gasteiger partial charge < -0.3 is 14.2 Å². The standard InChI is InChI=1S/C16H24O4/c1-3-4-9-18-10-11-19-12-13-20-16(17)15-7-5-14(2)6-8-15/h5-8H,3-4,9-13H2,1-2H3. The monoisotopic (exact) mass is 280 g/mol. The average Bonchev–Trinajstić information content (AvgIpc) is 2.46. The van der Waals surface area contributed by atoms with Crippen molar-refractivity contribution in [1.29, 1.82) is 0 Å². The van der Waals surface area contributed by atoms with E-state index in [0.29, 0.717) is 25.4 Å². The number of benzene rings is 1. The van der Waals surface area contributed by atoms with Gasteiger partial charge in [-0.05, 0) is 25.5 Å². The van der Waals surface area contributed by atoms with Crippen molar-refractivity contribution in [2.75, 3.05) is 33.0 Å². The molecule has 1 aromatic rings. The quantitative estimate of drug-likeness (QED) is 0.488. The second-order valence-corrected chi connectivity index (χ2v) is 4.58. The molecule has 0 spiro atoms. The molecule has 0 bridgehead atoms. The minimum atomic E-state index is -0.312. The van der Waals surface area contributed by atoms with E-state index in [1.54, 1.807) is 12.1 Å². The van der Waals surface area contributed by atoms with E-state index < -0.39 is 0 Å². The molecule has 0 atom stereocenters. The summed E-state index contributed by atoms with van der Waals surface area (Å²) >= 11 is 0. The molecule has 4 heteroatoms. The van der Waals surface area contributed by atoms with Gasteiger partial charge in [-0.2, -0.15) is 0 Å².